The first-order chi connectivity index (χ1) is 12.9. The van der Waals surface area contributed by atoms with Gasteiger partial charge in [0.15, 0.2) is 0 Å². The molecular weight excluding hydrogens is 436 g/mol. The van der Waals surface area contributed by atoms with Crippen molar-refractivity contribution in [1.82, 2.24) is 10.0 Å². The molecular formula is C18H21BrN2O5S. The number of methoxy groups -OCH3 is 1. The Labute approximate surface area is 167 Å². The van der Waals surface area contributed by atoms with Crippen molar-refractivity contribution in [3.8, 4) is 11.5 Å². The zero-order chi connectivity index (χ0) is 19.7. The molecule has 2 N–H and O–H groups in total. The standard InChI is InChI=1S/C18H21BrN2O5S/c1-25-15-5-7-17(8-6-15)27(23,24)21-11-10-20-18(22)9-12-26-16-4-2-3-14(19)13-16/h2-8,13,21H,9-12H2,1H3,(H,20,22). The number of hydrogen-bond acceptors (Lipinski definition) is 5. The van der Waals surface area contributed by atoms with E-state index in [2.05, 4.69) is 26.0 Å². The zero-order valence-corrected chi connectivity index (χ0v) is 17.2. The van der Waals surface area contributed by atoms with Gasteiger partial charge in [-0.25, -0.2) is 13.1 Å². The van der Waals surface area contributed by atoms with E-state index in [1.807, 2.05) is 18.2 Å². The van der Waals surface area contributed by atoms with Gasteiger partial charge in [-0.3, -0.25) is 4.79 Å². The van der Waals surface area contributed by atoms with Gasteiger partial charge in [0.05, 0.1) is 25.0 Å². The van der Waals surface area contributed by atoms with Crippen molar-refractivity contribution in [3.63, 3.8) is 0 Å². The molecule has 0 bridgehead atoms. The molecule has 0 spiro atoms. The van der Waals surface area contributed by atoms with E-state index in [0.717, 1.165) is 4.47 Å². The molecule has 9 heteroatoms. The minimum absolute atomic E-state index is 0.0899. The fourth-order valence-electron chi connectivity index (χ4n) is 2.13. The van der Waals surface area contributed by atoms with Crippen LogP contribution in [0.3, 0.4) is 0 Å². The van der Waals surface area contributed by atoms with Crippen LogP contribution in [0.2, 0.25) is 0 Å². The summed E-state index contributed by atoms with van der Waals surface area (Å²) in [6.07, 6.45) is 0.178. The normalized spacial score (nSPS) is 11.0. The topological polar surface area (TPSA) is 93.7 Å². The van der Waals surface area contributed by atoms with Gasteiger partial charge in [-0.05, 0) is 42.5 Å². The van der Waals surface area contributed by atoms with Gasteiger partial charge in [0, 0.05) is 17.6 Å². The number of rotatable bonds is 10. The van der Waals surface area contributed by atoms with Crippen molar-refractivity contribution in [2.75, 3.05) is 26.8 Å². The Hall–Kier alpha value is -2.10. The summed E-state index contributed by atoms with van der Waals surface area (Å²) in [5.41, 5.74) is 0. The highest BCUT2D eigenvalue weighted by Crippen LogP contribution is 2.17. The summed E-state index contributed by atoms with van der Waals surface area (Å²) in [6.45, 7) is 0.511. The number of benzene rings is 2. The van der Waals surface area contributed by atoms with E-state index in [0.29, 0.717) is 11.5 Å². The zero-order valence-electron chi connectivity index (χ0n) is 14.8. The van der Waals surface area contributed by atoms with E-state index in [4.69, 9.17) is 9.47 Å². The Bertz CT molecular complexity index is 856. The van der Waals surface area contributed by atoms with E-state index >= 15 is 0 Å². The molecule has 0 radical (unpaired) electrons. The fraction of sp³-hybridized carbons (Fsp3) is 0.278. The molecule has 0 aliphatic rings. The maximum Gasteiger partial charge on any atom is 0.240 e. The smallest absolute Gasteiger partial charge is 0.240 e. The number of amides is 1. The first-order valence-corrected chi connectivity index (χ1v) is 10.5. The van der Waals surface area contributed by atoms with Crippen LogP contribution < -0.4 is 19.5 Å². The molecule has 0 heterocycles. The van der Waals surface area contributed by atoms with E-state index in [1.54, 1.807) is 18.2 Å². The van der Waals surface area contributed by atoms with Crippen LogP contribution in [-0.2, 0) is 14.8 Å². The van der Waals surface area contributed by atoms with Crippen LogP contribution >= 0.6 is 15.9 Å². The Morgan fingerprint density at radius 2 is 1.81 bits per heavy atom. The van der Waals surface area contributed by atoms with Gasteiger partial charge < -0.3 is 14.8 Å². The first-order valence-electron chi connectivity index (χ1n) is 8.19. The minimum atomic E-state index is -3.63. The van der Waals surface area contributed by atoms with Crippen LogP contribution in [0.25, 0.3) is 0 Å². The van der Waals surface area contributed by atoms with Crippen LogP contribution in [0.5, 0.6) is 11.5 Å². The summed E-state index contributed by atoms with van der Waals surface area (Å²) in [5, 5.41) is 2.65. The van der Waals surface area contributed by atoms with Crippen molar-refractivity contribution in [2.45, 2.75) is 11.3 Å². The predicted octanol–water partition coefficient (Wildman–Crippen LogP) is 2.32. The molecule has 2 aromatic rings. The quantitative estimate of drug-likeness (QED) is 0.535. The monoisotopic (exact) mass is 456 g/mol. The third-order valence-electron chi connectivity index (χ3n) is 3.50. The maximum atomic E-state index is 12.1. The Morgan fingerprint density at radius 1 is 1.07 bits per heavy atom. The first kappa shape index (κ1) is 21.2. The van der Waals surface area contributed by atoms with Gasteiger partial charge in [-0.15, -0.1) is 0 Å². The van der Waals surface area contributed by atoms with Gasteiger partial charge in [-0.2, -0.15) is 0 Å². The second-order valence-electron chi connectivity index (χ2n) is 5.48. The third-order valence-corrected chi connectivity index (χ3v) is 5.47. The van der Waals surface area contributed by atoms with Crippen LogP contribution in [0.4, 0.5) is 0 Å². The maximum absolute atomic E-state index is 12.1. The molecule has 0 aromatic heterocycles. The molecule has 0 aliphatic carbocycles. The van der Waals surface area contributed by atoms with Crippen LogP contribution in [-0.4, -0.2) is 41.1 Å². The highest BCUT2D eigenvalue weighted by atomic mass is 79.9. The van der Waals surface area contributed by atoms with Crippen LogP contribution in [0.1, 0.15) is 6.42 Å². The van der Waals surface area contributed by atoms with Gasteiger partial charge in [-0.1, -0.05) is 22.0 Å². The number of halogens is 1. The number of sulfonamides is 1. The number of ether oxygens (including phenoxy) is 2. The summed E-state index contributed by atoms with van der Waals surface area (Å²) in [5.74, 6) is 1.03. The summed E-state index contributed by atoms with van der Waals surface area (Å²) >= 11 is 3.34. The lowest BCUT2D eigenvalue weighted by Gasteiger charge is -2.09. The molecule has 0 aliphatic heterocycles. The predicted molar refractivity (Wildman–Crippen MR) is 105 cm³/mol. The van der Waals surface area contributed by atoms with E-state index < -0.39 is 10.0 Å². The van der Waals surface area contributed by atoms with Gasteiger partial charge in [0.25, 0.3) is 0 Å². The Kier molecular flexibility index (Phi) is 8.08. The van der Waals surface area contributed by atoms with Gasteiger partial charge in [0.2, 0.25) is 15.9 Å². The van der Waals surface area contributed by atoms with Crippen LogP contribution in [0.15, 0.2) is 57.9 Å². The van der Waals surface area contributed by atoms with E-state index in [-0.39, 0.29) is 36.9 Å². The lowest BCUT2D eigenvalue weighted by molar-refractivity contribution is -0.121. The number of carbonyl (C=O) groups is 1. The van der Waals surface area contributed by atoms with Crippen molar-refractivity contribution >= 4 is 31.9 Å². The molecule has 0 saturated carbocycles. The van der Waals surface area contributed by atoms with Gasteiger partial charge >= 0.3 is 0 Å². The average molecular weight is 457 g/mol. The molecule has 0 saturated heterocycles. The number of carbonyl (C=O) groups excluding carboxylic acids is 1. The Morgan fingerprint density at radius 3 is 2.48 bits per heavy atom. The minimum Gasteiger partial charge on any atom is -0.497 e. The molecule has 146 valence electrons. The molecule has 7 nitrogen and oxygen atoms in total. The van der Waals surface area contributed by atoms with Crippen molar-refractivity contribution in [3.05, 3.63) is 53.0 Å². The lowest BCUT2D eigenvalue weighted by atomic mass is 10.3. The number of nitrogens with one attached hydrogen (secondary N) is 2. The molecule has 1 amide bonds. The summed E-state index contributed by atoms with van der Waals surface area (Å²) < 4.78 is 38.1. The highest BCUT2D eigenvalue weighted by molar-refractivity contribution is 9.10. The summed E-state index contributed by atoms with van der Waals surface area (Å²) in [6, 6.07) is 13.4. The largest absolute Gasteiger partial charge is 0.497 e. The summed E-state index contributed by atoms with van der Waals surface area (Å²) in [4.78, 5) is 11.9. The SMILES string of the molecule is COc1ccc(S(=O)(=O)NCCNC(=O)CCOc2cccc(Br)c2)cc1. The second-order valence-corrected chi connectivity index (χ2v) is 8.16. The summed E-state index contributed by atoms with van der Waals surface area (Å²) in [7, 11) is -2.12. The second kappa shape index (κ2) is 10.3. The molecule has 2 rings (SSSR count). The molecule has 0 fully saturated rings. The van der Waals surface area contributed by atoms with Crippen LogP contribution in [0, 0.1) is 0 Å². The van der Waals surface area contributed by atoms with Gasteiger partial charge in [0.1, 0.15) is 11.5 Å². The highest BCUT2D eigenvalue weighted by Gasteiger charge is 2.13. The molecule has 27 heavy (non-hydrogen) atoms. The molecule has 2 aromatic carbocycles. The molecule has 0 unspecified atom stereocenters. The van der Waals surface area contributed by atoms with E-state index in [1.165, 1.54) is 19.2 Å². The molecule has 0 atom stereocenters. The van der Waals surface area contributed by atoms with Crippen molar-refractivity contribution < 1.29 is 22.7 Å². The van der Waals surface area contributed by atoms with Crippen molar-refractivity contribution in [2.24, 2.45) is 0 Å². The van der Waals surface area contributed by atoms with Crippen molar-refractivity contribution in [1.29, 1.82) is 0 Å². The number of hydrogen-bond donors (Lipinski definition) is 2. The third kappa shape index (κ3) is 7.20. The lowest BCUT2D eigenvalue weighted by Crippen LogP contribution is -2.35. The average Bonchev–Trinajstić information content (AvgIpc) is 2.65. The fourth-order valence-corrected chi connectivity index (χ4v) is 3.54. The van der Waals surface area contributed by atoms with E-state index in [9.17, 15) is 13.2 Å². The Balaban J connectivity index is 1.67.